The Bertz CT molecular complexity index is 1280. The van der Waals surface area contributed by atoms with Gasteiger partial charge in [0, 0.05) is 13.0 Å². The summed E-state index contributed by atoms with van der Waals surface area (Å²) in [6, 6.07) is 9.63. The molecule has 0 heterocycles. The average molecular weight is 612 g/mol. The lowest BCUT2D eigenvalue weighted by molar-refractivity contribution is -0.139. The number of phenolic OH excluding ortho intramolecular Hbond substituents is 1. The van der Waals surface area contributed by atoms with Crippen LogP contribution >= 0.6 is 0 Å². The summed E-state index contributed by atoms with van der Waals surface area (Å²) in [6.45, 7) is 3.58. The van der Waals surface area contributed by atoms with Gasteiger partial charge in [0.15, 0.2) is 5.96 Å². The molecule has 0 bridgehead atoms. The number of rotatable bonds is 17. The minimum Gasteiger partial charge on any atom is -0.508 e. The normalized spacial score (nSPS) is 13.4. The summed E-state index contributed by atoms with van der Waals surface area (Å²) in [4.78, 5) is 66.9. The zero-order valence-electron chi connectivity index (χ0n) is 24.7. The first-order valence-electron chi connectivity index (χ1n) is 14.1. The molecule has 238 valence electrons. The highest BCUT2D eigenvalue weighted by molar-refractivity contribution is 5.93. The SMILES string of the molecule is CC(C)[C@H](NC(=O)[C@H](CCCN=C(N)N)NC(=O)N[C@@H](Cc1ccc(O)cc1)C(=O)O)C(=O)N[C@@H](C=O)Cc1ccccc1. The molecule has 2 aromatic carbocycles. The number of hydrogen-bond acceptors (Lipinski definition) is 7. The zero-order chi connectivity index (χ0) is 32.6. The highest BCUT2D eigenvalue weighted by Gasteiger charge is 2.30. The zero-order valence-corrected chi connectivity index (χ0v) is 24.7. The van der Waals surface area contributed by atoms with Gasteiger partial charge in [0.05, 0.1) is 6.04 Å². The van der Waals surface area contributed by atoms with Crippen molar-refractivity contribution < 1.29 is 34.2 Å². The number of hydrogen-bond donors (Lipinski definition) is 8. The van der Waals surface area contributed by atoms with E-state index in [9.17, 15) is 34.2 Å². The van der Waals surface area contributed by atoms with Crippen LogP contribution in [0.15, 0.2) is 59.6 Å². The predicted molar refractivity (Wildman–Crippen MR) is 164 cm³/mol. The van der Waals surface area contributed by atoms with E-state index >= 15 is 0 Å². The molecule has 10 N–H and O–H groups in total. The highest BCUT2D eigenvalue weighted by atomic mass is 16.4. The van der Waals surface area contributed by atoms with Crippen LogP contribution < -0.4 is 32.7 Å². The smallest absolute Gasteiger partial charge is 0.326 e. The van der Waals surface area contributed by atoms with Crippen LogP contribution in [-0.4, -0.2) is 77.0 Å². The van der Waals surface area contributed by atoms with Gasteiger partial charge in [0.25, 0.3) is 0 Å². The van der Waals surface area contributed by atoms with Crippen LogP contribution in [0.4, 0.5) is 4.79 Å². The van der Waals surface area contributed by atoms with E-state index in [-0.39, 0.29) is 49.9 Å². The Hall–Kier alpha value is -5.14. The van der Waals surface area contributed by atoms with Crippen LogP contribution in [0.25, 0.3) is 0 Å². The molecule has 0 radical (unpaired) electrons. The van der Waals surface area contributed by atoms with E-state index in [1.807, 2.05) is 30.3 Å². The van der Waals surface area contributed by atoms with E-state index in [1.165, 1.54) is 24.3 Å². The number of aldehydes is 1. The number of carbonyl (C=O) groups excluding carboxylic acids is 4. The Morgan fingerprint density at radius 1 is 0.841 bits per heavy atom. The second-order valence-corrected chi connectivity index (χ2v) is 10.6. The minimum atomic E-state index is -1.34. The molecule has 0 saturated carbocycles. The fourth-order valence-electron chi connectivity index (χ4n) is 4.26. The van der Waals surface area contributed by atoms with E-state index in [1.54, 1.807) is 13.8 Å². The number of carbonyl (C=O) groups is 5. The molecular formula is C30H41N7O7. The summed E-state index contributed by atoms with van der Waals surface area (Å²) in [7, 11) is 0. The lowest BCUT2D eigenvalue weighted by atomic mass is 10.0. The number of aliphatic imine (C=N–C) groups is 1. The number of nitrogens with zero attached hydrogens (tertiary/aromatic N) is 1. The Balaban J connectivity index is 2.13. The highest BCUT2D eigenvalue weighted by Crippen LogP contribution is 2.12. The molecule has 2 aromatic rings. The third-order valence-electron chi connectivity index (χ3n) is 6.58. The van der Waals surface area contributed by atoms with Crippen LogP contribution in [0.1, 0.15) is 37.8 Å². The first-order valence-corrected chi connectivity index (χ1v) is 14.1. The van der Waals surface area contributed by atoms with Gasteiger partial charge in [0.2, 0.25) is 11.8 Å². The van der Waals surface area contributed by atoms with Crippen molar-refractivity contribution in [3.05, 3.63) is 65.7 Å². The van der Waals surface area contributed by atoms with Crippen molar-refractivity contribution in [2.24, 2.45) is 22.4 Å². The van der Waals surface area contributed by atoms with Crippen LogP contribution in [0, 0.1) is 5.92 Å². The summed E-state index contributed by atoms with van der Waals surface area (Å²) < 4.78 is 0. The summed E-state index contributed by atoms with van der Waals surface area (Å²) in [5, 5.41) is 29.3. The van der Waals surface area contributed by atoms with Crippen molar-refractivity contribution in [3.63, 3.8) is 0 Å². The number of benzene rings is 2. The van der Waals surface area contributed by atoms with E-state index < -0.39 is 48.0 Å². The molecule has 0 aliphatic carbocycles. The van der Waals surface area contributed by atoms with Gasteiger partial charge in [-0.3, -0.25) is 14.6 Å². The molecule has 2 rings (SSSR count). The first-order chi connectivity index (χ1) is 20.9. The van der Waals surface area contributed by atoms with Crippen molar-refractivity contribution in [2.75, 3.05) is 6.54 Å². The molecule has 14 heteroatoms. The number of aromatic hydroxyl groups is 1. The second-order valence-electron chi connectivity index (χ2n) is 10.6. The summed E-state index contributed by atoms with van der Waals surface area (Å²) >= 11 is 0. The maximum atomic E-state index is 13.4. The lowest BCUT2D eigenvalue weighted by Gasteiger charge is -2.27. The number of carboxylic acids is 1. The topological polar surface area (TPSA) is 238 Å². The van der Waals surface area contributed by atoms with Crippen molar-refractivity contribution in [2.45, 2.75) is 63.7 Å². The van der Waals surface area contributed by atoms with Crippen LogP contribution in [0.3, 0.4) is 0 Å². The van der Waals surface area contributed by atoms with Crippen LogP contribution in [0.2, 0.25) is 0 Å². The Morgan fingerprint density at radius 3 is 2.02 bits per heavy atom. The number of carboxylic acid groups (broad SMARTS) is 1. The molecular weight excluding hydrogens is 570 g/mol. The minimum absolute atomic E-state index is 0.00663. The number of phenols is 1. The van der Waals surface area contributed by atoms with Crippen molar-refractivity contribution in [3.8, 4) is 5.75 Å². The molecule has 14 nitrogen and oxygen atoms in total. The standard InChI is InChI=1S/C30H41N7O7/c1-18(2)25(27(41)34-21(17-38)15-19-7-4-3-5-8-19)37-26(40)23(9-6-14-33-29(31)32)35-30(44)36-24(28(42)43)16-20-10-12-22(39)13-11-20/h3-5,7-8,10-13,17-18,21,23-25,39H,6,9,14-16H2,1-2H3,(H,34,41)(H,37,40)(H,42,43)(H4,31,32,33)(H2,35,36,44)/t21-,23+,24+,25+/m1/s1. The third-order valence-corrected chi connectivity index (χ3v) is 6.58. The fourth-order valence-corrected chi connectivity index (χ4v) is 4.26. The molecule has 0 aliphatic rings. The molecule has 0 saturated heterocycles. The van der Waals surface area contributed by atoms with Gasteiger partial charge in [-0.05, 0) is 48.4 Å². The largest absolute Gasteiger partial charge is 0.508 e. The monoisotopic (exact) mass is 611 g/mol. The van der Waals surface area contributed by atoms with Gasteiger partial charge in [0.1, 0.15) is 30.2 Å². The number of nitrogens with two attached hydrogens (primary N) is 2. The summed E-state index contributed by atoms with van der Waals surface area (Å²) in [5.74, 6) is -3.11. The summed E-state index contributed by atoms with van der Waals surface area (Å²) in [5.41, 5.74) is 12.1. The van der Waals surface area contributed by atoms with Gasteiger partial charge >= 0.3 is 12.0 Å². The molecule has 0 aliphatic heterocycles. The maximum absolute atomic E-state index is 13.4. The maximum Gasteiger partial charge on any atom is 0.326 e. The predicted octanol–water partition coefficient (Wildman–Crippen LogP) is 0.177. The molecule has 44 heavy (non-hydrogen) atoms. The van der Waals surface area contributed by atoms with E-state index in [2.05, 4.69) is 26.3 Å². The first kappa shape index (κ1) is 35.1. The number of amides is 4. The number of aliphatic carboxylic acids is 1. The molecule has 0 spiro atoms. The van der Waals surface area contributed by atoms with E-state index in [0.717, 1.165) is 5.56 Å². The van der Waals surface area contributed by atoms with E-state index in [0.29, 0.717) is 11.8 Å². The van der Waals surface area contributed by atoms with Gasteiger partial charge < -0.3 is 47.7 Å². The molecule has 4 amide bonds. The molecule has 0 aromatic heterocycles. The summed E-state index contributed by atoms with van der Waals surface area (Å²) in [6.07, 6.45) is 1.14. The fraction of sp³-hybridized carbons (Fsp3) is 0.400. The van der Waals surface area contributed by atoms with Crippen molar-refractivity contribution in [1.82, 2.24) is 21.3 Å². The van der Waals surface area contributed by atoms with Crippen LogP contribution in [-0.2, 0) is 32.0 Å². The average Bonchev–Trinajstić information content (AvgIpc) is 2.97. The number of guanidine groups is 1. The molecule has 0 unspecified atom stereocenters. The Kier molecular flexibility index (Phi) is 14.1. The number of nitrogens with one attached hydrogen (secondary N) is 4. The Morgan fingerprint density at radius 2 is 1.45 bits per heavy atom. The van der Waals surface area contributed by atoms with E-state index in [4.69, 9.17) is 11.5 Å². The van der Waals surface area contributed by atoms with Crippen LogP contribution in [0.5, 0.6) is 5.75 Å². The van der Waals surface area contributed by atoms with Crippen molar-refractivity contribution in [1.29, 1.82) is 0 Å². The van der Waals surface area contributed by atoms with Gasteiger partial charge in [-0.2, -0.15) is 0 Å². The molecule has 0 fully saturated rings. The quantitative estimate of drug-likeness (QED) is 0.0526. The Labute approximate surface area is 255 Å². The third kappa shape index (κ3) is 12.4. The number of urea groups is 1. The van der Waals surface area contributed by atoms with Crippen molar-refractivity contribution >= 4 is 36.1 Å². The second kappa shape index (κ2) is 17.7. The lowest BCUT2D eigenvalue weighted by Crippen LogP contribution is -2.58. The van der Waals surface area contributed by atoms with Gasteiger partial charge in [-0.25, -0.2) is 9.59 Å². The van der Waals surface area contributed by atoms with Gasteiger partial charge in [-0.1, -0.05) is 56.3 Å². The molecule has 4 atom stereocenters. The van der Waals surface area contributed by atoms with Gasteiger partial charge in [-0.15, -0.1) is 0 Å².